The SMILES string of the molecule is CCc1nn(C)c(Oc2ccc(CCN)cc2)c1[N+](=O)[O-]. The molecule has 0 bridgehead atoms. The predicted molar refractivity (Wildman–Crippen MR) is 78.5 cm³/mol. The number of rotatable bonds is 6. The molecule has 1 heterocycles. The van der Waals surface area contributed by atoms with Crippen LogP contribution in [-0.4, -0.2) is 21.2 Å². The van der Waals surface area contributed by atoms with Crippen molar-refractivity contribution < 1.29 is 9.66 Å². The van der Waals surface area contributed by atoms with Crippen LogP contribution in [0, 0.1) is 10.1 Å². The Labute approximate surface area is 122 Å². The van der Waals surface area contributed by atoms with Gasteiger partial charge in [-0.25, -0.2) is 4.68 Å². The summed E-state index contributed by atoms with van der Waals surface area (Å²) in [4.78, 5) is 10.7. The van der Waals surface area contributed by atoms with Crippen molar-refractivity contribution in [2.24, 2.45) is 12.8 Å². The van der Waals surface area contributed by atoms with E-state index in [0.717, 1.165) is 12.0 Å². The highest BCUT2D eigenvalue weighted by molar-refractivity contribution is 5.48. The van der Waals surface area contributed by atoms with Crippen LogP contribution in [0.1, 0.15) is 18.2 Å². The van der Waals surface area contributed by atoms with Gasteiger partial charge in [0.25, 0.3) is 5.88 Å². The number of benzene rings is 1. The van der Waals surface area contributed by atoms with Crippen molar-refractivity contribution in [1.29, 1.82) is 0 Å². The van der Waals surface area contributed by atoms with Crippen molar-refractivity contribution >= 4 is 5.69 Å². The Bertz CT molecular complexity index is 634. The zero-order valence-corrected chi connectivity index (χ0v) is 12.1. The summed E-state index contributed by atoms with van der Waals surface area (Å²) in [6, 6.07) is 7.33. The molecule has 0 fully saturated rings. The predicted octanol–water partition coefficient (Wildman–Crippen LogP) is 2.18. The third-order valence-corrected chi connectivity index (χ3v) is 3.13. The smallest absolute Gasteiger partial charge is 0.353 e. The Kier molecular flexibility index (Phi) is 4.54. The topological polar surface area (TPSA) is 96.2 Å². The van der Waals surface area contributed by atoms with Crippen LogP contribution in [-0.2, 0) is 19.9 Å². The Morgan fingerprint density at radius 3 is 2.57 bits per heavy atom. The number of nitrogens with zero attached hydrogens (tertiary/aromatic N) is 3. The van der Waals surface area contributed by atoms with Gasteiger partial charge in [0.15, 0.2) is 0 Å². The number of nitrogens with two attached hydrogens (primary N) is 1. The van der Waals surface area contributed by atoms with Gasteiger partial charge in [0.1, 0.15) is 11.4 Å². The van der Waals surface area contributed by atoms with E-state index in [1.807, 2.05) is 19.1 Å². The second-order valence-corrected chi connectivity index (χ2v) is 4.62. The molecule has 7 heteroatoms. The molecule has 0 saturated carbocycles. The van der Waals surface area contributed by atoms with E-state index in [1.54, 1.807) is 19.2 Å². The van der Waals surface area contributed by atoms with E-state index in [9.17, 15) is 10.1 Å². The number of aromatic nitrogens is 2. The lowest BCUT2D eigenvalue weighted by Crippen LogP contribution is -2.02. The van der Waals surface area contributed by atoms with Gasteiger partial charge in [-0.2, -0.15) is 5.10 Å². The van der Waals surface area contributed by atoms with Gasteiger partial charge in [0.2, 0.25) is 0 Å². The van der Waals surface area contributed by atoms with E-state index in [0.29, 0.717) is 24.4 Å². The molecular weight excluding hydrogens is 272 g/mol. The van der Waals surface area contributed by atoms with Crippen molar-refractivity contribution in [2.45, 2.75) is 19.8 Å². The minimum Gasteiger partial charge on any atom is -0.434 e. The minimum atomic E-state index is -0.454. The van der Waals surface area contributed by atoms with Gasteiger partial charge >= 0.3 is 5.69 Å². The molecule has 21 heavy (non-hydrogen) atoms. The van der Waals surface area contributed by atoms with Crippen molar-refractivity contribution in [1.82, 2.24) is 9.78 Å². The van der Waals surface area contributed by atoms with Crippen molar-refractivity contribution in [3.05, 3.63) is 45.6 Å². The molecule has 0 aliphatic heterocycles. The van der Waals surface area contributed by atoms with E-state index >= 15 is 0 Å². The summed E-state index contributed by atoms with van der Waals surface area (Å²) in [5, 5.41) is 15.3. The molecule has 112 valence electrons. The summed E-state index contributed by atoms with van der Waals surface area (Å²) < 4.78 is 7.04. The molecule has 2 aromatic rings. The lowest BCUT2D eigenvalue weighted by Gasteiger charge is -2.06. The molecule has 1 aromatic carbocycles. The molecular formula is C14H18N4O3. The second-order valence-electron chi connectivity index (χ2n) is 4.62. The Morgan fingerprint density at radius 2 is 2.05 bits per heavy atom. The Balaban J connectivity index is 2.30. The first-order valence-corrected chi connectivity index (χ1v) is 6.74. The van der Waals surface area contributed by atoms with Crippen molar-refractivity contribution in [3.8, 4) is 11.6 Å². The van der Waals surface area contributed by atoms with Gasteiger partial charge in [0.05, 0.1) is 4.92 Å². The maximum absolute atomic E-state index is 11.2. The van der Waals surface area contributed by atoms with Crippen LogP contribution in [0.3, 0.4) is 0 Å². The Morgan fingerprint density at radius 1 is 1.38 bits per heavy atom. The highest BCUT2D eigenvalue weighted by atomic mass is 16.6. The lowest BCUT2D eigenvalue weighted by molar-refractivity contribution is -0.386. The summed E-state index contributed by atoms with van der Waals surface area (Å²) >= 11 is 0. The van der Waals surface area contributed by atoms with Gasteiger partial charge in [-0.05, 0) is 37.1 Å². The molecule has 0 radical (unpaired) electrons. The molecule has 7 nitrogen and oxygen atoms in total. The number of hydrogen-bond acceptors (Lipinski definition) is 5. The fourth-order valence-electron chi connectivity index (χ4n) is 2.09. The molecule has 0 saturated heterocycles. The molecule has 0 unspecified atom stereocenters. The average molecular weight is 290 g/mol. The largest absolute Gasteiger partial charge is 0.434 e. The molecule has 0 aliphatic rings. The number of nitro groups is 1. The first kappa shape index (κ1) is 15.0. The maximum atomic E-state index is 11.2. The molecule has 2 rings (SSSR count). The van der Waals surface area contributed by atoms with E-state index in [2.05, 4.69) is 5.10 Å². The Hall–Kier alpha value is -2.41. The quantitative estimate of drug-likeness (QED) is 0.649. The number of aryl methyl sites for hydroxylation is 2. The van der Waals surface area contributed by atoms with Crippen LogP contribution in [0.2, 0.25) is 0 Å². The first-order valence-electron chi connectivity index (χ1n) is 6.74. The average Bonchev–Trinajstić information content (AvgIpc) is 2.78. The summed E-state index contributed by atoms with van der Waals surface area (Å²) in [5.41, 5.74) is 6.93. The molecule has 1 aromatic heterocycles. The molecule has 0 atom stereocenters. The summed E-state index contributed by atoms with van der Waals surface area (Å²) in [6.07, 6.45) is 1.26. The molecule has 2 N–H and O–H groups in total. The van der Waals surface area contributed by atoms with Crippen LogP contribution in [0.25, 0.3) is 0 Å². The van der Waals surface area contributed by atoms with Crippen LogP contribution >= 0.6 is 0 Å². The van der Waals surface area contributed by atoms with E-state index < -0.39 is 4.92 Å². The van der Waals surface area contributed by atoms with Crippen LogP contribution in [0.5, 0.6) is 11.6 Å². The second kappa shape index (κ2) is 6.36. The van der Waals surface area contributed by atoms with Gasteiger partial charge in [-0.15, -0.1) is 0 Å². The lowest BCUT2D eigenvalue weighted by atomic mass is 10.1. The monoisotopic (exact) mass is 290 g/mol. The fourth-order valence-corrected chi connectivity index (χ4v) is 2.09. The zero-order chi connectivity index (χ0) is 15.4. The maximum Gasteiger partial charge on any atom is 0.353 e. The first-order chi connectivity index (χ1) is 10.1. The third-order valence-electron chi connectivity index (χ3n) is 3.13. The number of hydrogen-bond donors (Lipinski definition) is 1. The van der Waals surface area contributed by atoms with Crippen LogP contribution in [0.4, 0.5) is 5.69 Å². The van der Waals surface area contributed by atoms with Crippen molar-refractivity contribution in [2.75, 3.05) is 6.54 Å². The van der Waals surface area contributed by atoms with Gasteiger partial charge in [-0.3, -0.25) is 10.1 Å². The molecule has 0 aliphatic carbocycles. The van der Waals surface area contributed by atoms with Gasteiger partial charge in [-0.1, -0.05) is 19.1 Å². The molecule has 0 amide bonds. The molecule has 0 spiro atoms. The van der Waals surface area contributed by atoms with Crippen LogP contribution < -0.4 is 10.5 Å². The highest BCUT2D eigenvalue weighted by Gasteiger charge is 2.27. The van der Waals surface area contributed by atoms with Gasteiger partial charge in [0, 0.05) is 7.05 Å². The van der Waals surface area contributed by atoms with Crippen LogP contribution in [0.15, 0.2) is 24.3 Å². The van der Waals surface area contributed by atoms with Gasteiger partial charge < -0.3 is 10.5 Å². The summed E-state index contributed by atoms with van der Waals surface area (Å²) in [5.74, 6) is 0.674. The highest BCUT2D eigenvalue weighted by Crippen LogP contribution is 2.34. The minimum absolute atomic E-state index is 0.0777. The van der Waals surface area contributed by atoms with Crippen molar-refractivity contribution in [3.63, 3.8) is 0 Å². The zero-order valence-electron chi connectivity index (χ0n) is 12.1. The summed E-state index contributed by atoms with van der Waals surface area (Å²) in [6.45, 7) is 2.40. The summed E-state index contributed by atoms with van der Waals surface area (Å²) in [7, 11) is 1.63. The van der Waals surface area contributed by atoms with E-state index in [-0.39, 0.29) is 11.6 Å². The standard InChI is InChI=1S/C14H18N4O3/c1-3-12-13(18(19)20)14(17(2)16-12)21-11-6-4-10(5-7-11)8-9-15/h4-7H,3,8-9,15H2,1-2H3. The van der Waals surface area contributed by atoms with E-state index in [4.69, 9.17) is 10.5 Å². The van der Waals surface area contributed by atoms with E-state index in [1.165, 1.54) is 4.68 Å². The third kappa shape index (κ3) is 3.19. The number of ether oxygens (including phenoxy) is 1. The normalized spacial score (nSPS) is 10.6. The fraction of sp³-hybridized carbons (Fsp3) is 0.357.